The molecule has 1 unspecified atom stereocenters. The molecule has 1 aromatic carbocycles. The maximum Gasteiger partial charge on any atom is 0.407 e. The van der Waals surface area contributed by atoms with Gasteiger partial charge in [-0.1, -0.05) is 12.1 Å². The normalized spacial score (nSPS) is 18.5. The molecule has 1 aromatic rings. The van der Waals surface area contributed by atoms with Crippen LogP contribution in [-0.4, -0.2) is 37.5 Å². The fourth-order valence-corrected chi connectivity index (χ4v) is 1.67. The van der Waals surface area contributed by atoms with Gasteiger partial charge in [0.05, 0.1) is 6.54 Å². The number of rotatable bonds is 2. The number of hydrogen-bond donors (Lipinski definition) is 1. The number of benzene rings is 1. The number of alkyl carbamates (subject to hydrolysis) is 1. The minimum absolute atomic E-state index is 0.0434. The SMILES string of the molecule is CN(C)C(=O)c1ccc(C2CNC(=O)O2)cc1. The Hall–Kier alpha value is -2.04. The highest BCUT2D eigenvalue weighted by Gasteiger charge is 2.24. The van der Waals surface area contributed by atoms with E-state index in [0.717, 1.165) is 5.56 Å². The summed E-state index contributed by atoms with van der Waals surface area (Å²) in [4.78, 5) is 24.1. The number of ether oxygens (including phenoxy) is 1. The van der Waals surface area contributed by atoms with Crippen LogP contribution in [0.25, 0.3) is 0 Å². The van der Waals surface area contributed by atoms with Crippen LogP contribution in [-0.2, 0) is 4.74 Å². The van der Waals surface area contributed by atoms with Gasteiger partial charge in [-0.2, -0.15) is 0 Å². The quantitative estimate of drug-likeness (QED) is 0.835. The Balaban J connectivity index is 2.13. The van der Waals surface area contributed by atoms with Crippen molar-refractivity contribution in [2.75, 3.05) is 20.6 Å². The van der Waals surface area contributed by atoms with E-state index in [1.165, 1.54) is 4.90 Å². The fourth-order valence-electron chi connectivity index (χ4n) is 1.67. The van der Waals surface area contributed by atoms with Crippen LogP contribution in [0.5, 0.6) is 0 Å². The summed E-state index contributed by atoms with van der Waals surface area (Å²) < 4.78 is 5.05. The van der Waals surface area contributed by atoms with Crippen LogP contribution in [0.1, 0.15) is 22.0 Å². The summed E-state index contributed by atoms with van der Waals surface area (Å²) in [5.74, 6) is -0.0434. The van der Waals surface area contributed by atoms with Gasteiger partial charge in [0.1, 0.15) is 6.10 Å². The van der Waals surface area contributed by atoms with Gasteiger partial charge in [-0.05, 0) is 17.7 Å². The molecule has 1 aliphatic rings. The molecule has 0 saturated carbocycles. The zero-order valence-electron chi connectivity index (χ0n) is 9.77. The summed E-state index contributed by atoms with van der Waals surface area (Å²) in [5, 5.41) is 2.59. The molecule has 0 radical (unpaired) electrons. The van der Waals surface area contributed by atoms with Crippen LogP contribution in [0.3, 0.4) is 0 Å². The molecule has 1 saturated heterocycles. The summed E-state index contributed by atoms with van der Waals surface area (Å²) in [7, 11) is 3.41. The molecule has 1 atom stereocenters. The van der Waals surface area contributed by atoms with Crippen LogP contribution in [0.15, 0.2) is 24.3 Å². The highest BCUT2D eigenvalue weighted by Crippen LogP contribution is 2.21. The number of nitrogens with zero attached hydrogens (tertiary/aromatic N) is 1. The summed E-state index contributed by atoms with van der Waals surface area (Å²) in [6.45, 7) is 0.472. The first-order valence-corrected chi connectivity index (χ1v) is 5.34. The maximum atomic E-state index is 11.7. The van der Waals surface area contributed by atoms with Crippen LogP contribution in [0.4, 0.5) is 4.79 Å². The summed E-state index contributed by atoms with van der Waals surface area (Å²) in [6.07, 6.45) is -0.658. The predicted octanol–water partition coefficient (Wildman–Crippen LogP) is 1.17. The van der Waals surface area contributed by atoms with Crippen molar-refractivity contribution < 1.29 is 14.3 Å². The summed E-state index contributed by atoms with van der Waals surface area (Å²) >= 11 is 0. The van der Waals surface area contributed by atoms with Gasteiger partial charge in [0.2, 0.25) is 0 Å². The van der Waals surface area contributed by atoms with Crippen molar-refractivity contribution in [1.29, 1.82) is 0 Å². The second-order valence-electron chi connectivity index (χ2n) is 4.10. The Kier molecular flexibility index (Phi) is 2.99. The summed E-state index contributed by atoms with van der Waals surface area (Å²) in [5.41, 5.74) is 1.51. The topological polar surface area (TPSA) is 58.6 Å². The lowest BCUT2D eigenvalue weighted by atomic mass is 10.1. The zero-order valence-corrected chi connectivity index (χ0v) is 9.77. The number of carbonyl (C=O) groups is 2. The number of amides is 2. The Morgan fingerprint density at radius 1 is 1.35 bits per heavy atom. The highest BCUT2D eigenvalue weighted by molar-refractivity contribution is 5.93. The fraction of sp³-hybridized carbons (Fsp3) is 0.333. The Bertz CT molecular complexity index is 440. The largest absolute Gasteiger partial charge is 0.439 e. The average Bonchev–Trinajstić information content (AvgIpc) is 2.75. The van der Waals surface area contributed by atoms with E-state index in [-0.39, 0.29) is 12.0 Å². The maximum absolute atomic E-state index is 11.7. The van der Waals surface area contributed by atoms with E-state index >= 15 is 0 Å². The molecule has 2 amide bonds. The van der Waals surface area contributed by atoms with Gasteiger partial charge in [-0.3, -0.25) is 4.79 Å². The van der Waals surface area contributed by atoms with Crippen molar-refractivity contribution in [2.45, 2.75) is 6.10 Å². The van der Waals surface area contributed by atoms with Gasteiger partial charge in [0.15, 0.2) is 0 Å². The van der Waals surface area contributed by atoms with Gasteiger partial charge in [0, 0.05) is 19.7 Å². The van der Waals surface area contributed by atoms with Crippen molar-refractivity contribution in [3.63, 3.8) is 0 Å². The minimum atomic E-state index is -0.400. The minimum Gasteiger partial charge on any atom is -0.439 e. The lowest BCUT2D eigenvalue weighted by molar-refractivity contribution is 0.0827. The first-order chi connectivity index (χ1) is 8.08. The third-order valence-electron chi connectivity index (χ3n) is 2.62. The molecule has 1 fully saturated rings. The van der Waals surface area contributed by atoms with E-state index in [1.54, 1.807) is 26.2 Å². The van der Waals surface area contributed by atoms with Gasteiger partial charge in [0.25, 0.3) is 5.91 Å². The third-order valence-corrected chi connectivity index (χ3v) is 2.62. The Labute approximate surface area is 99.4 Å². The lowest BCUT2D eigenvalue weighted by Crippen LogP contribution is -2.21. The second-order valence-corrected chi connectivity index (χ2v) is 4.10. The lowest BCUT2D eigenvalue weighted by Gasteiger charge is -2.12. The molecular weight excluding hydrogens is 220 g/mol. The van der Waals surface area contributed by atoms with Crippen LogP contribution in [0.2, 0.25) is 0 Å². The highest BCUT2D eigenvalue weighted by atomic mass is 16.6. The number of nitrogens with one attached hydrogen (secondary N) is 1. The van der Waals surface area contributed by atoms with Crippen molar-refractivity contribution >= 4 is 12.0 Å². The molecule has 1 aliphatic heterocycles. The zero-order chi connectivity index (χ0) is 12.4. The molecule has 5 nitrogen and oxygen atoms in total. The van der Waals surface area contributed by atoms with Crippen LogP contribution in [0, 0.1) is 0 Å². The molecule has 1 N–H and O–H groups in total. The van der Waals surface area contributed by atoms with Crippen molar-refractivity contribution in [1.82, 2.24) is 10.2 Å². The van der Waals surface area contributed by atoms with E-state index in [0.29, 0.717) is 12.1 Å². The Morgan fingerprint density at radius 2 is 2.00 bits per heavy atom. The van der Waals surface area contributed by atoms with Gasteiger partial charge < -0.3 is 15.0 Å². The molecule has 2 rings (SSSR count). The monoisotopic (exact) mass is 234 g/mol. The predicted molar refractivity (Wildman–Crippen MR) is 61.7 cm³/mol. The van der Waals surface area contributed by atoms with Crippen molar-refractivity contribution in [3.05, 3.63) is 35.4 Å². The third kappa shape index (κ3) is 2.38. The molecule has 17 heavy (non-hydrogen) atoms. The van der Waals surface area contributed by atoms with Gasteiger partial charge >= 0.3 is 6.09 Å². The number of cyclic esters (lactones) is 1. The van der Waals surface area contributed by atoms with Crippen LogP contribution >= 0.6 is 0 Å². The van der Waals surface area contributed by atoms with E-state index < -0.39 is 6.09 Å². The molecule has 0 aliphatic carbocycles. The molecule has 5 heteroatoms. The first-order valence-electron chi connectivity index (χ1n) is 5.34. The van der Waals surface area contributed by atoms with Crippen molar-refractivity contribution in [3.8, 4) is 0 Å². The van der Waals surface area contributed by atoms with E-state index in [2.05, 4.69) is 5.32 Å². The molecule has 0 bridgehead atoms. The smallest absolute Gasteiger partial charge is 0.407 e. The molecule has 0 aromatic heterocycles. The van der Waals surface area contributed by atoms with Crippen molar-refractivity contribution in [2.24, 2.45) is 0 Å². The standard InChI is InChI=1S/C12H14N2O3/c1-14(2)11(15)9-5-3-8(4-6-9)10-7-13-12(16)17-10/h3-6,10H,7H2,1-2H3,(H,13,16). The first kappa shape index (κ1) is 11.4. The second kappa shape index (κ2) is 4.45. The molecular formula is C12H14N2O3. The number of hydrogen-bond acceptors (Lipinski definition) is 3. The van der Waals surface area contributed by atoms with Gasteiger partial charge in [-0.25, -0.2) is 4.79 Å². The van der Waals surface area contributed by atoms with Gasteiger partial charge in [-0.15, -0.1) is 0 Å². The van der Waals surface area contributed by atoms with Crippen LogP contribution < -0.4 is 5.32 Å². The number of carbonyl (C=O) groups excluding carboxylic acids is 2. The summed E-state index contributed by atoms with van der Waals surface area (Å²) in [6, 6.07) is 7.09. The molecule has 90 valence electrons. The Morgan fingerprint density at radius 3 is 2.47 bits per heavy atom. The molecule has 0 spiro atoms. The van der Waals surface area contributed by atoms with E-state index in [1.807, 2.05) is 12.1 Å². The van der Waals surface area contributed by atoms with E-state index in [9.17, 15) is 9.59 Å². The average molecular weight is 234 g/mol. The molecule has 1 heterocycles. The van der Waals surface area contributed by atoms with E-state index in [4.69, 9.17) is 4.74 Å².